The number of amides is 1. The van der Waals surface area contributed by atoms with Gasteiger partial charge in [0.15, 0.2) is 16.3 Å². The van der Waals surface area contributed by atoms with Crippen LogP contribution in [0.4, 0.5) is 5.69 Å². The number of anilines is 1. The van der Waals surface area contributed by atoms with Gasteiger partial charge in [-0.3, -0.25) is 14.2 Å². The number of nitrogens with zero attached hydrogens (tertiary/aromatic N) is 2. The molecule has 232 valence electrons. The normalized spacial score (nSPS) is 14.5. The lowest BCUT2D eigenvalue weighted by Gasteiger charge is -2.26. The Morgan fingerprint density at radius 1 is 1.11 bits per heavy atom. The highest BCUT2D eigenvalue weighted by atomic mass is 35.5. The highest BCUT2D eigenvalue weighted by Crippen LogP contribution is 2.36. The van der Waals surface area contributed by atoms with Gasteiger partial charge in [0.05, 0.1) is 39.0 Å². The first-order valence-electron chi connectivity index (χ1n) is 14.1. The van der Waals surface area contributed by atoms with Gasteiger partial charge in [-0.25, -0.2) is 9.79 Å². The van der Waals surface area contributed by atoms with Crippen molar-refractivity contribution in [1.29, 1.82) is 0 Å². The molecule has 1 atom stereocenters. The highest BCUT2D eigenvalue weighted by Gasteiger charge is 2.33. The van der Waals surface area contributed by atoms with Crippen LogP contribution in [0.3, 0.4) is 0 Å². The first-order valence-corrected chi connectivity index (χ1v) is 15.3. The van der Waals surface area contributed by atoms with Crippen molar-refractivity contribution < 1.29 is 29.0 Å². The highest BCUT2D eigenvalue weighted by molar-refractivity contribution is 7.07. The van der Waals surface area contributed by atoms with Crippen LogP contribution >= 0.6 is 22.9 Å². The van der Waals surface area contributed by atoms with Gasteiger partial charge in [-0.1, -0.05) is 53.3 Å². The average molecular weight is 656 g/mol. The Morgan fingerprint density at radius 3 is 2.61 bits per heavy atom. The monoisotopic (exact) mass is 655 g/mol. The summed E-state index contributed by atoms with van der Waals surface area (Å²) >= 11 is 7.29. The van der Waals surface area contributed by atoms with Crippen molar-refractivity contribution in [1.82, 2.24) is 4.57 Å². The Labute approximate surface area is 270 Å². The number of nitrogens with one attached hydrogen (secondary N) is 1. The molecule has 0 bridgehead atoms. The minimum absolute atomic E-state index is 0.0259. The number of phenols is 1. The number of rotatable bonds is 8. The largest absolute Gasteiger partial charge is 0.504 e. The smallest absolute Gasteiger partial charge is 0.337 e. The number of fused-ring (bicyclic) bond motifs is 1. The van der Waals surface area contributed by atoms with Crippen molar-refractivity contribution in [3.05, 3.63) is 132 Å². The predicted octanol–water partition coefficient (Wildman–Crippen LogP) is 5.59. The molecule has 10 nitrogen and oxygen atoms in total. The molecule has 5 aromatic rings. The van der Waals surface area contributed by atoms with Crippen molar-refractivity contribution in [3.8, 4) is 22.8 Å². The maximum Gasteiger partial charge on any atom is 0.337 e. The SMILES string of the molecule is CCOc1cc([C@@H]2C(C(=O)Nc3ccccc3)=C(C)N=c3s/c(=C\c4ccc(-c5ccc(C(=O)O)c(Cl)c5)o4)c(=O)n32)ccc1O. The van der Waals surface area contributed by atoms with Crippen LogP contribution < -0.4 is 24.9 Å². The summed E-state index contributed by atoms with van der Waals surface area (Å²) in [6.45, 7) is 3.81. The lowest BCUT2D eigenvalue weighted by atomic mass is 9.94. The molecule has 3 aromatic carbocycles. The first-order chi connectivity index (χ1) is 22.1. The molecule has 2 aromatic heterocycles. The second kappa shape index (κ2) is 12.5. The van der Waals surface area contributed by atoms with Gasteiger partial charge >= 0.3 is 5.97 Å². The third-order valence-electron chi connectivity index (χ3n) is 7.28. The van der Waals surface area contributed by atoms with E-state index in [2.05, 4.69) is 10.3 Å². The van der Waals surface area contributed by atoms with Crippen molar-refractivity contribution in [2.24, 2.45) is 4.99 Å². The topological polar surface area (TPSA) is 143 Å². The molecule has 0 aliphatic carbocycles. The number of carboxylic acids is 1. The van der Waals surface area contributed by atoms with Gasteiger partial charge in [0.25, 0.3) is 11.5 Å². The number of furan rings is 1. The predicted molar refractivity (Wildman–Crippen MR) is 174 cm³/mol. The molecule has 0 fully saturated rings. The lowest BCUT2D eigenvalue weighted by Crippen LogP contribution is -2.40. The summed E-state index contributed by atoms with van der Waals surface area (Å²) in [7, 11) is 0. The number of ether oxygens (including phenoxy) is 1. The fourth-order valence-corrected chi connectivity index (χ4v) is 6.46. The molecule has 0 spiro atoms. The molecule has 12 heteroatoms. The van der Waals surface area contributed by atoms with Crippen LogP contribution in [0.25, 0.3) is 17.4 Å². The maximum absolute atomic E-state index is 14.1. The number of carboxylic acid groups (broad SMARTS) is 1. The number of allylic oxidation sites excluding steroid dienone is 1. The molecule has 6 rings (SSSR count). The fourth-order valence-electron chi connectivity index (χ4n) is 5.18. The molecule has 0 saturated carbocycles. The summed E-state index contributed by atoms with van der Waals surface area (Å²) in [5.41, 5.74) is 1.96. The summed E-state index contributed by atoms with van der Waals surface area (Å²) in [5.74, 6) is -0.611. The van der Waals surface area contributed by atoms with E-state index in [9.17, 15) is 24.6 Å². The van der Waals surface area contributed by atoms with Gasteiger partial charge < -0.3 is 24.7 Å². The molecule has 0 unspecified atom stereocenters. The molecule has 3 heterocycles. The Bertz CT molecular complexity index is 2220. The number of para-hydroxylation sites is 1. The summed E-state index contributed by atoms with van der Waals surface area (Å²) in [4.78, 5) is 44.2. The van der Waals surface area contributed by atoms with Crippen molar-refractivity contribution in [2.45, 2.75) is 19.9 Å². The van der Waals surface area contributed by atoms with Gasteiger partial charge in [0.1, 0.15) is 11.5 Å². The van der Waals surface area contributed by atoms with E-state index in [0.717, 1.165) is 11.3 Å². The van der Waals surface area contributed by atoms with E-state index in [1.54, 1.807) is 74.5 Å². The van der Waals surface area contributed by atoms with Crippen molar-refractivity contribution in [3.63, 3.8) is 0 Å². The number of carbonyl (C=O) groups excluding carboxylic acids is 1. The minimum Gasteiger partial charge on any atom is -0.504 e. The second-order valence-electron chi connectivity index (χ2n) is 10.3. The lowest BCUT2D eigenvalue weighted by molar-refractivity contribution is -0.113. The number of aromatic hydroxyl groups is 1. The Kier molecular flexibility index (Phi) is 8.35. The van der Waals surface area contributed by atoms with Crippen molar-refractivity contribution >= 4 is 46.6 Å². The van der Waals surface area contributed by atoms with Gasteiger partial charge in [0.2, 0.25) is 0 Å². The third kappa shape index (κ3) is 5.85. The molecule has 46 heavy (non-hydrogen) atoms. The van der Waals surface area contributed by atoms with E-state index in [0.29, 0.717) is 50.0 Å². The van der Waals surface area contributed by atoms with E-state index >= 15 is 0 Å². The molecular weight excluding hydrogens is 630 g/mol. The maximum atomic E-state index is 14.1. The van der Waals surface area contributed by atoms with E-state index < -0.39 is 23.5 Å². The number of aromatic carboxylic acids is 1. The Morgan fingerprint density at radius 2 is 1.89 bits per heavy atom. The Balaban J connectivity index is 1.45. The zero-order valence-electron chi connectivity index (χ0n) is 24.5. The molecule has 3 N–H and O–H groups in total. The molecular formula is C34H26ClN3O7S. The van der Waals surface area contributed by atoms with Crippen LogP contribution in [0.1, 0.15) is 41.6 Å². The van der Waals surface area contributed by atoms with Crippen LogP contribution in [0.15, 0.2) is 104 Å². The summed E-state index contributed by atoms with van der Waals surface area (Å²) in [6.07, 6.45) is 1.59. The van der Waals surface area contributed by atoms with Gasteiger partial charge in [-0.05, 0) is 67.9 Å². The number of halogens is 1. The number of aromatic nitrogens is 1. The number of thiazole rings is 1. The van der Waals surface area contributed by atoms with Crippen LogP contribution in [0.2, 0.25) is 5.02 Å². The van der Waals surface area contributed by atoms with E-state index in [-0.39, 0.29) is 27.7 Å². The number of phenolic OH excluding ortho intramolecular Hbond substituents is 1. The molecule has 1 amide bonds. The van der Waals surface area contributed by atoms with Crippen LogP contribution in [-0.2, 0) is 4.79 Å². The summed E-state index contributed by atoms with van der Waals surface area (Å²) in [5, 5.41) is 22.6. The molecule has 1 aliphatic heterocycles. The van der Waals surface area contributed by atoms with Crippen LogP contribution in [0.5, 0.6) is 11.5 Å². The number of carbonyl (C=O) groups is 2. The minimum atomic E-state index is -1.14. The zero-order chi connectivity index (χ0) is 32.5. The van der Waals surface area contributed by atoms with Gasteiger partial charge in [-0.15, -0.1) is 0 Å². The molecule has 1 aliphatic rings. The van der Waals surface area contributed by atoms with Crippen LogP contribution in [-0.4, -0.2) is 33.3 Å². The molecule has 0 saturated heterocycles. The number of benzene rings is 3. The number of hydrogen-bond donors (Lipinski definition) is 3. The quantitative estimate of drug-likeness (QED) is 0.198. The van der Waals surface area contributed by atoms with E-state index in [1.807, 2.05) is 6.07 Å². The molecule has 0 radical (unpaired) electrons. The van der Waals surface area contributed by atoms with E-state index in [4.69, 9.17) is 20.8 Å². The van der Waals surface area contributed by atoms with Gasteiger partial charge in [0, 0.05) is 17.3 Å². The average Bonchev–Trinajstić information content (AvgIpc) is 3.62. The standard InChI is InChI=1S/C34H26ClN3O7S/c1-3-44-27-16-20(10-13-25(27)39)30-29(31(40)37-21-7-5-4-6-8-21)18(2)36-34-38(30)32(41)28(46-34)17-22-11-14-26(45-22)19-9-12-23(33(42)43)24(35)15-19/h4-17,30,39H,3H2,1-2H3,(H,37,40)(H,42,43)/b28-17-/t30-/m1/s1. The van der Waals surface area contributed by atoms with Crippen LogP contribution in [0, 0.1) is 0 Å². The Hall–Kier alpha value is -5.39. The van der Waals surface area contributed by atoms with E-state index in [1.165, 1.54) is 22.8 Å². The first kappa shape index (κ1) is 30.6. The van der Waals surface area contributed by atoms with Gasteiger partial charge in [-0.2, -0.15) is 0 Å². The van der Waals surface area contributed by atoms with Crippen molar-refractivity contribution in [2.75, 3.05) is 11.9 Å². The summed E-state index contributed by atoms with van der Waals surface area (Å²) < 4.78 is 13.4. The summed E-state index contributed by atoms with van der Waals surface area (Å²) in [6, 6.07) is 20.7. The number of hydrogen-bond acceptors (Lipinski definition) is 8. The third-order valence-corrected chi connectivity index (χ3v) is 8.58. The fraction of sp³-hybridized carbons (Fsp3) is 0.118. The zero-order valence-corrected chi connectivity index (χ0v) is 26.1. The second-order valence-corrected chi connectivity index (χ2v) is 11.7.